The molecule has 7 heteroatoms. The molecule has 0 atom stereocenters. The lowest BCUT2D eigenvalue weighted by Gasteiger charge is -2.11. The zero-order valence-corrected chi connectivity index (χ0v) is 17.3. The van der Waals surface area contributed by atoms with Crippen LogP contribution in [0.1, 0.15) is 27.4 Å². The van der Waals surface area contributed by atoms with Gasteiger partial charge in [0, 0.05) is 21.2 Å². The first-order valence-corrected chi connectivity index (χ1v) is 10.2. The number of thioether (sulfide) groups is 1. The number of hydrogen-bond acceptors (Lipinski definition) is 5. The second-order valence-corrected chi connectivity index (χ2v) is 7.60. The molecule has 2 aromatic carbocycles. The van der Waals surface area contributed by atoms with Gasteiger partial charge in [-0.15, -0.1) is 11.8 Å². The van der Waals surface area contributed by atoms with Crippen LogP contribution in [0, 0.1) is 13.8 Å². The number of carbonyl (C=O) groups is 1. The Morgan fingerprint density at radius 2 is 2.04 bits per heavy atom. The number of ether oxygens (including phenoxy) is 1. The second-order valence-electron chi connectivity index (χ2n) is 6.15. The number of hydrogen-bond donors (Lipinski definition) is 1. The number of benzene rings is 2. The highest BCUT2D eigenvalue weighted by Crippen LogP contribution is 2.28. The molecule has 28 heavy (non-hydrogen) atoms. The van der Waals surface area contributed by atoms with E-state index in [9.17, 15) is 4.79 Å². The minimum Gasteiger partial charge on any atom is -0.492 e. The van der Waals surface area contributed by atoms with Crippen molar-refractivity contribution >= 4 is 29.3 Å². The van der Waals surface area contributed by atoms with Crippen LogP contribution in [0.25, 0.3) is 0 Å². The van der Waals surface area contributed by atoms with Crippen molar-refractivity contribution < 1.29 is 14.1 Å². The van der Waals surface area contributed by atoms with Gasteiger partial charge in [0.05, 0.1) is 17.8 Å². The molecule has 3 aromatic rings. The summed E-state index contributed by atoms with van der Waals surface area (Å²) in [6, 6.07) is 14.7. The third-order valence-corrected chi connectivity index (χ3v) is 5.47. The summed E-state index contributed by atoms with van der Waals surface area (Å²) in [5, 5.41) is 7.49. The van der Waals surface area contributed by atoms with Crippen LogP contribution in [0.4, 0.5) is 0 Å². The third kappa shape index (κ3) is 5.30. The van der Waals surface area contributed by atoms with Gasteiger partial charge < -0.3 is 14.6 Å². The Bertz CT molecular complexity index is 939. The molecular formula is C21H21ClN2O3S. The Labute approximate surface area is 173 Å². The minimum absolute atomic E-state index is 0.128. The number of amides is 1. The topological polar surface area (TPSA) is 64.4 Å². The maximum absolute atomic E-state index is 12.6. The van der Waals surface area contributed by atoms with E-state index in [-0.39, 0.29) is 5.91 Å². The van der Waals surface area contributed by atoms with E-state index in [0.29, 0.717) is 35.2 Å². The predicted molar refractivity (Wildman–Crippen MR) is 111 cm³/mol. The van der Waals surface area contributed by atoms with Crippen molar-refractivity contribution in [3.8, 4) is 5.75 Å². The van der Waals surface area contributed by atoms with E-state index in [1.807, 2.05) is 50.2 Å². The van der Waals surface area contributed by atoms with Gasteiger partial charge >= 0.3 is 0 Å². The normalized spacial score (nSPS) is 10.7. The third-order valence-electron chi connectivity index (χ3n) is 4.14. The number of nitrogens with one attached hydrogen (secondary N) is 1. The lowest BCUT2D eigenvalue weighted by Crippen LogP contribution is -2.28. The van der Waals surface area contributed by atoms with Crippen LogP contribution in [0.3, 0.4) is 0 Å². The Balaban J connectivity index is 1.55. The Morgan fingerprint density at radius 3 is 2.79 bits per heavy atom. The highest BCUT2D eigenvalue weighted by Gasteiger charge is 2.14. The molecule has 0 aliphatic carbocycles. The van der Waals surface area contributed by atoms with E-state index in [2.05, 4.69) is 10.5 Å². The molecular weight excluding hydrogens is 396 g/mol. The van der Waals surface area contributed by atoms with Gasteiger partial charge in [0.25, 0.3) is 5.91 Å². The standard InChI is InChI=1S/C21H21ClN2O3S/c1-14-19(15(2)27-24-14)13-28-20-9-4-3-8-18(20)21(25)23-10-11-26-17-7-5-6-16(22)12-17/h3-9,12H,10-11,13H2,1-2H3,(H,23,25). The van der Waals surface area contributed by atoms with Gasteiger partial charge in [0.2, 0.25) is 0 Å². The average Bonchev–Trinajstić information content (AvgIpc) is 3.01. The van der Waals surface area contributed by atoms with Gasteiger partial charge in [-0.3, -0.25) is 4.79 Å². The maximum atomic E-state index is 12.6. The molecule has 1 heterocycles. The molecule has 0 spiro atoms. The summed E-state index contributed by atoms with van der Waals surface area (Å²) < 4.78 is 10.8. The van der Waals surface area contributed by atoms with Gasteiger partial charge in [-0.2, -0.15) is 0 Å². The van der Waals surface area contributed by atoms with Crippen molar-refractivity contribution in [2.24, 2.45) is 0 Å². The highest BCUT2D eigenvalue weighted by molar-refractivity contribution is 7.98. The van der Waals surface area contributed by atoms with E-state index in [1.165, 1.54) is 0 Å². The van der Waals surface area contributed by atoms with E-state index in [1.54, 1.807) is 23.9 Å². The first-order valence-electron chi connectivity index (χ1n) is 8.84. The van der Waals surface area contributed by atoms with Gasteiger partial charge in [-0.1, -0.05) is 35.0 Å². The summed E-state index contributed by atoms with van der Waals surface area (Å²) in [6.07, 6.45) is 0. The molecule has 1 N–H and O–H groups in total. The molecule has 0 aliphatic rings. The molecule has 0 unspecified atom stereocenters. The van der Waals surface area contributed by atoms with E-state index >= 15 is 0 Å². The van der Waals surface area contributed by atoms with Crippen LogP contribution in [0.5, 0.6) is 5.75 Å². The van der Waals surface area contributed by atoms with Crippen LogP contribution in [0.15, 0.2) is 57.9 Å². The SMILES string of the molecule is Cc1noc(C)c1CSc1ccccc1C(=O)NCCOc1cccc(Cl)c1. The molecule has 146 valence electrons. The smallest absolute Gasteiger partial charge is 0.252 e. The van der Waals surface area contributed by atoms with Crippen LogP contribution in [0.2, 0.25) is 5.02 Å². The fourth-order valence-electron chi connectivity index (χ4n) is 2.62. The van der Waals surface area contributed by atoms with Crippen LogP contribution in [-0.4, -0.2) is 24.2 Å². The molecule has 5 nitrogen and oxygen atoms in total. The number of nitrogens with zero attached hydrogens (tertiary/aromatic N) is 1. The molecule has 0 saturated heterocycles. The Hall–Kier alpha value is -2.44. The van der Waals surface area contributed by atoms with E-state index in [0.717, 1.165) is 21.9 Å². The molecule has 0 bridgehead atoms. The minimum atomic E-state index is -0.128. The first kappa shape index (κ1) is 20.3. The van der Waals surface area contributed by atoms with Gasteiger partial charge in [0.1, 0.15) is 18.1 Å². The fourth-order valence-corrected chi connectivity index (χ4v) is 4.01. The lowest BCUT2D eigenvalue weighted by molar-refractivity contribution is 0.0944. The summed E-state index contributed by atoms with van der Waals surface area (Å²) in [6.45, 7) is 4.58. The van der Waals surface area contributed by atoms with E-state index < -0.39 is 0 Å². The summed E-state index contributed by atoms with van der Waals surface area (Å²) in [4.78, 5) is 13.5. The number of rotatable bonds is 8. The molecule has 3 rings (SSSR count). The predicted octanol–water partition coefficient (Wildman–Crippen LogP) is 5.05. The van der Waals surface area contributed by atoms with Crippen LogP contribution in [-0.2, 0) is 5.75 Å². The zero-order valence-electron chi connectivity index (χ0n) is 15.7. The number of halogens is 1. The quantitative estimate of drug-likeness (QED) is 0.411. The molecule has 0 radical (unpaired) electrons. The molecule has 0 fully saturated rings. The van der Waals surface area contributed by atoms with E-state index in [4.69, 9.17) is 20.9 Å². The molecule has 0 aliphatic heterocycles. The molecule has 1 amide bonds. The largest absolute Gasteiger partial charge is 0.492 e. The fraction of sp³-hybridized carbons (Fsp3) is 0.238. The van der Waals surface area contributed by atoms with Crippen LogP contribution < -0.4 is 10.1 Å². The Kier molecular flexibility index (Phi) is 7.01. The molecule has 0 saturated carbocycles. The van der Waals surface area contributed by atoms with Gasteiger partial charge in [-0.05, 0) is 44.2 Å². The van der Waals surface area contributed by atoms with Gasteiger partial charge in [0.15, 0.2) is 0 Å². The summed E-state index contributed by atoms with van der Waals surface area (Å²) >= 11 is 7.52. The summed E-state index contributed by atoms with van der Waals surface area (Å²) in [7, 11) is 0. The lowest BCUT2D eigenvalue weighted by atomic mass is 10.2. The number of carbonyl (C=O) groups excluding carboxylic acids is 1. The van der Waals surface area contributed by atoms with Crippen molar-refractivity contribution in [1.82, 2.24) is 10.5 Å². The van der Waals surface area contributed by atoms with Crippen LogP contribution >= 0.6 is 23.4 Å². The number of aryl methyl sites for hydroxylation is 2. The van der Waals surface area contributed by atoms with Crippen molar-refractivity contribution in [2.45, 2.75) is 24.5 Å². The average molecular weight is 417 g/mol. The van der Waals surface area contributed by atoms with Gasteiger partial charge in [-0.25, -0.2) is 0 Å². The summed E-state index contributed by atoms with van der Waals surface area (Å²) in [5.74, 6) is 2.06. The first-order chi connectivity index (χ1) is 13.5. The number of aromatic nitrogens is 1. The highest BCUT2D eigenvalue weighted by atomic mass is 35.5. The maximum Gasteiger partial charge on any atom is 0.252 e. The summed E-state index contributed by atoms with van der Waals surface area (Å²) in [5.41, 5.74) is 2.59. The van der Waals surface area contributed by atoms with Crippen molar-refractivity contribution in [2.75, 3.05) is 13.2 Å². The second kappa shape index (κ2) is 9.66. The van der Waals surface area contributed by atoms with Crippen molar-refractivity contribution in [3.05, 3.63) is 76.1 Å². The molecule has 1 aromatic heterocycles. The van der Waals surface area contributed by atoms with Crippen molar-refractivity contribution in [3.63, 3.8) is 0 Å². The zero-order chi connectivity index (χ0) is 19.9. The Morgan fingerprint density at radius 1 is 1.21 bits per heavy atom. The van der Waals surface area contributed by atoms with Crippen molar-refractivity contribution in [1.29, 1.82) is 0 Å². The monoisotopic (exact) mass is 416 g/mol.